The van der Waals surface area contributed by atoms with Crippen LogP contribution in [-0.4, -0.2) is 28.6 Å². The zero-order valence-electron chi connectivity index (χ0n) is 20.4. The number of rotatable bonds is 4. The SMILES string of the molecule is C/C=C\C.C=CC.CC.CCOC(=O)CCN1Cc2c(n(C)c3ccc(C)cc23)C1. The summed E-state index contributed by atoms with van der Waals surface area (Å²) in [6.07, 6.45) is 6.22. The van der Waals surface area contributed by atoms with Gasteiger partial charge in [-0.1, -0.05) is 43.7 Å². The van der Waals surface area contributed by atoms with Crippen molar-refractivity contribution in [3.05, 3.63) is 59.8 Å². The van der Waals surface area contributed by atoms with Gasteiger partial charge in [0.2, 0.25) is 0 Å². The molecule has 168 valence electrons. The van der Waals surface area contributed by atoms with E-state index >= 15 is 0 Å². The second kappa shape index (κ2) is 15.5. The minimum atomic E-state index is -0.103. The van der Waals surface area contributed by atoms with Gasteiger partial charge in [0.25, 0.3) is 0 Å². The zero-order valence-corrected chi connectivity index (χ0v) is 20.4. The molecule has 0 N–H and O–H groups in total. The summed E-state index contributed by atoms with van der Waals surface area (Å²) in [5.74, 6) is -0.103. The van der Waals surface area contributed by atoms with Gasteiger partial charge in [0.15, 0.2) is 0 Å². The quantitative estimate of drug-likeness (QED) is 0.420. The maximum atomic E-state index is 11.5. The Kier molecular flexibility index (Phi) is 14.3. The van der Waals surface area contributed by atoms with Crippen LogP contribution in [0.25, 0.3) is 10.9 Å². The van der Waals surface area contributed by atoms with Crippen molar-refractivity contribution in [3.63, 3.8) is 0 Å². The number of aromatic nitrogens is 1. The van der Waals surface area contributed by atoms with Crippen molar-refractivity contribution < 1.29 is 9.53 Å². The highest BCUT2D eigenvalue weighted by molar-refractivity contribution is 5.86. The Morgan fingerprint density at radius 1 is 1.17 bits per heavy atom. The van der Waals surface area contributed by atoms with Gasteiger partial charge >= 0.3 is 5.97 Å². The van der Waals surface area contributed by atoms with Crippen molar-refractivity contribution in [1.29, 1.82) is 0 Å². The molecular weight excluding hydrogens is 372 g/mol. The normalized spacial score (nSPS) is 12.1. The first-order valence-electron chi connectivity index (χ1n) is 11.0. The second-order valence-electron chi connectivity index (χ2n) is 6.85. The van der Waals surface area contributed by atoms with E-state index in [1.165, 1.54) is 27.7 Å². The number of hydrogen-bond donors (Lipinski definition) is 0. The fourth-order valence-electron chi connectivity index (χ4n) is 3.20. The van der Waals surface area contributed by atoms with E-state index in [2.05, 4.69) is 48.2 Å². The Morgan fingerprint density at radius 2 is 1.77 bits per heavy atom. The van der Waals surface area contributed by atoms with Gasteiger partial charge in [-0.15, -0.1) is 6.58 Å². The average molecular weight is 415 g/mol. The van der Waals surface area contributed by atoms with Crippen LogP contribution in [0.1, 0.15) is 64.8 Å². The number of nitrogens with zero attached hydrogens (tertiary/aromatic N) is 2. The van der Waals surface area contributed by atoms with Crippen LogP contribution in [0, 0.1) is 6.92 Å². The van der Waals surface area contributed by atoms with Gasteiger partial charge in [0.1, 0.15) is 0 Å². The molecule has 0 spiro atoms. The van der Waals surface area contributed by atoms with Crippen molar-refractivity contribution in [3.8, 4) is 0 Å². The largest absolute Gasteiger partial charge is 0.466 e. The first-order valence-corrected chi connectivity index (χ1v) is 11.0. The van der Waals surface area contributed by atoms with E-state index < -0.39 is 0 Å². The summed E-state index contributed by atoms with van der Waals surface area (Å²) >= 11 is 0. The molecule has 0 fully saturated rings. The molecule has 1 aliphatic heterocycles. The molecule has 4 nitrogen and oxygen atoms in total. The van der Waals surface area contributed by atoms with Crippen LogP contribution in [0.2, 0.25) is 0 Å². The van der Waals surface area contributed by atoms with Gasteiger partial charge in [0, 0.05) is 43.3 Å². The number of allylic oxidation sites excluding steroid dienone is 3. The predicted molar refractivity (Wildman–Crippen MR) is 131 cm³/mol. The highest BCUT2D eigenvalue weighted by Gasteiger charge is 2.25. The molecule has 2 heterocycles. The van der Waals surface area contributed by atoms with Gasteiger partial charge in [-0.05, 0) is 52.3 Å². The lowest BCUT2D eigenvalue weighted by Gasteiger charge is -2.15. The van der Waals surface area contributed by atoms with Crippen molar-refractivity contribution in [1.82, 2.24) is 9.47 Å². The smallest absolute Gasteiger partial charge is 0.307 e. The molecule has 1 aromatic heterocycles. The molecule has 0 atom stereocenters. The molecule has 0 aliphatic carbocycles. The van der Waals surface area contributed by atoms with Crippen LogP contribution in [-0.2, 0) is 29.7 Å². The Balaban J connectivity index is 0.000000806. The summed E-state index contributed by atoms with van der Waals surface area (Å²) in [5, 5.41) is 1.35. The summed E-state index contributed by atoms with van der Waals surface area (Å²) in [6.45, 7) is 20.3. The highest BCUT2D eigenvalue weighted by atomic mass is 16.5. The molecule has 0 saturated carbocycles. The summed E-state index contributed by atoms with van der Waals surface area (Å²) in [5.41, 5.74) is 5.39. The number of benzene rings is 1. The molecule has 3 rings (SSSR count). The maximum Gasteiger partial charge on any atom is 0.307 e. The van der Waals surface area contributed by atoms with Crippen molar-refractivity contribution in [2.75, 3.05) is 13.2 Å². The van der Waals surface area contributed by atoms with Gasteiger partial charge in [-0.2, -0.15) is 0 Å². The van der Waals surface area contributed by atoms with E-state index in [-0.39, 0.29) is 5.97 Å². The van der Waals surface area contributed by atoms with Crippen LogP contribution in [0.15, 0.2) is 43.0 Å². The summed E-state index contributed by atoms with van der Waals surface area (Å²) in [4.78, 5) is 13.8. The molecule has 1 aromatic carbocycles. The Bertz CT molecular complexity index is 799. The Labute approximate surface area is 184 Å². The summed E-state index contributed by atoms with van der Waals surface area (Å²) in [7, 11) is 2.13. The van der Waals surface area contributed by atoms with E-state index in [0.717, 1.165) is 19.6 Å². The van der Waals surface area contributed by atoms with Crippen molar-refractivity contribution in [2.24, 2.45) is 7.05 Å². The number of esters is 1. The number of ether oxygens (including phenoxy) is 1. The molecule has 0 radical (unpaired) electrons. The van der Waals surface area contributed by atoms with Crippen LogP contribution in [0.3, 0.4) is 0 Å². The monoisotopic (exact) mass is 414 g/mol. The second-order valence-corrected chi connectivity index (χ2v) is 6.85. The molecule has 0 amide bonds. The van der Waals surface area contributed by atoms with E-state index in [4.69, 9.17) is 4.74 Å². The highest BCUT2D eigenvalue weighted by Crippen LogP contribution is 2.33. The third kappa shape index (κ3) is 8.19. The lowest BCUT2D eigenvalue weighted by Crippen LogP contribution is -2.22. The number of fused-ring (bicyclic) bond motifs is 3. The van der Waals surface area contributed by atoms with E-state index in [0.29, 0.717) is 13.0 Å². The average Bonchev–Trinajstić information content (AvgIpc) is 3.28. The van der Waals surface area contributed by atoms with Gasteiger partial charge < -0.3 is 9.30 Å². The molecule has 2 aromatic rings. The fraction of sp³-hybridized carbons (Fsp3) is 0.500. The first-order chi connectivity index (χ1) is 14.4. The molecule has 0 bridgehead atoms. The first kappa shape index (κ1) is 27.7. The number of carbonyl (C=O) groups is 1. The molecule has 0 unspecified atom stereocenters. The van der Waals surface area contributed by atoms with Crippen LogP contribution < -0.4 is 0 Å². The van der Waals surface area contributed by atoms with E-state index in [1.807, 2.05) is 53.7 Å². The van der Waals surface area contributed by atoms with E-state index in [1.54, 1.807) is 6.08 Å². The molecular formula is C26H42N2O2. The van der Waals surface area contributed by atoms with E-state index in [9.17, 15) is 4.79 Å². The Hall–Kier alpha value is -2.33. The van der Waals surface area contributed by atoms with Gasteiger partial charge in [0.05, 0.1) is 13.0 Å². The molecule has 1 aliphatic rings. The van der Waals surface area contributed by atoms with Crippen LogP contribution >= 0.6 is 0 Å². The predicted octanol–water partition coefficient (Wildman–Crippen LogP) is 6.56. The minimum Gasteiger partial charge on any atom is -0.466 e. The maximum absolute atomic E-state index is 11.5. The third-order valence-electron chi connectivity index (χ3n) is 4.62. The van der Waals surface area contributed by atoms with Crippen LogP contribution in [0.5, 0.6) is 0 Å². The summed E-state index contributed by atoms with van der Waals surface area (Å²) < 4.78 is 7.29. The third-order valence-corrected chi connectivity index (χ3v) is 4.62. The van der Waals surface area contributed by atoms with Crippen molar-refractivity contribution in [2.45, 2.75) is 68.0 Å². The summed E-state index contributed by atoms with van der Waals surface area (Å²) in [6, 6.07) is 6.63. The van der Waals surface area contributed by atoms with Gasteiger partial charge in [-0.3, -0.25) is 9.69 Å². The molecule has 30 heavy (non-hydrogen) atoms. The Morgan fingerprint density at radius 3 is 2.30 bits per heavy atom. The zero-order chi connectivity index (χ0) is 23.1. The number of carbonyl (C=O) groups excluding carboxylic acids is 1. The molecule has 0 saturated heterocycles. The lowest BCUT2D eigenvalue weighted by molar-refractivity contribution is -0.143. The standard InChI is InChI=1S/C17H22N2O2.C4H8.C3H6.C2H6/c1-4-21-17(20)7-8-19-10-14-13-9-12(2)5-6-15(13)18(3)16(14)11-19;1-3-4-2;1-3-2;1-2/h5-6,9H,4,7-8,10-11H2,1-3H3;3-4H,1-2H3;3H,1H2,2H3;1-2H3/b;4-3-;;. The minimum absolute atomic E-state index is 0.103. The lowest BCUT2D eigenvalue weighted by atomic mass is 10.1. The van der Waals surface area contributed by atoms with Gasteiger partial charge in [-0.25, -0.2) is 0 Å². The fourth-order valence-corrected chi connectivity index (χ4v) is 3.20. The number of hydrogen-bond acceptors (Lipinski definition) is 3. The number of aryl methyl sites for hydroxylation is 2. The van der Waals surface area contributed by atoms with Crippen molar-refractivity contribution >= 4 is 16.9 Å². The topological polar surface area (TPSA) is 34.5 Å². The molecule has 4 heteroatoms. The van der Waals surface area contributed by atoms with Crippen LogP contribution in [0.4, 0.5) is 0 Å².